The molecule has 5 heterocycles. The van der Waals surface area contributed by atoms with Gasteiger partial charge in [-0.05, 0) is 59.2 Å². The molecule has 0 saturated carbocycles. The zero-order chi connectivity index (χ0) is 29.0. The van der Waals surface area contributed by atoms with Gasteiger partial charge in [-0.1, -0.05) is 72.8 Å². The average molecular weight is 562 g/mol. The number of pyridine rings is 5. The van der Waals surface area contributed by atoms with Crippen molar-refractivity contribution in [3.63, 3.8) is 0 Å². The van der Waals surface area contributed by atoms with Crippen LogP contribution in [0, 0.1) is 0 Å². The summed E-state index contributed by atoms with van der Waals surface area (Å²) in [7, 11) is 0. The molecule has 44 heavy (non-hydrogen) atoms. The van der Waals surface area contributed by atoms with Crippen LogP contribution in [0.2, 0.25) is 0 Å². The number of hydrogen-bond acceptors (Lipinski definition) is 5. The lowest BCUT2D eigenvalue weighted by molar-refractivity contribution is 1.33. The molecule has 0 atom stereocenters. The molecule has 9 rings (SSSR count). The van der Waals surface area contributed by atoms with E-state index in [0.717, 1.165) is 88.0 Å². The van der Waals surface area contributed by atoms with Crippen molar-refractivity contribution in [1.82, 2.24) is 24.9 Å². The Bertz CT molecular complexity index is 2540. The Labute approximate surface area is 252 Å². The van der Waals surface area contributed by atoms with Gasteiger partial charge in [0.05, 0.1) is 33.3 Å². The molecule has 0 fully saturated rings. The van der Waals surface area contributed by atoms with Crippen LogP contribution in [0.4, 0.5) is 0 Å². The van der Waals surface area contributed by atoms with Crippen molar-refractivity contribution < 1.29 is 0 Å². The fourth-order valence-corrected chi connectivity index (χ4v) is 6.36. The second-order valence-corrected chi connectivity index (χ2v) is 10.9. The lowest BCUT2D eigenvalue weighted by atomic mass is 9.95. The third-order valence-corrected chi connectivity index (χ3v) is 8.43. The summed E-state index contributed by atoms with van der Waals surface area (Å²) in [5.74, 6) is 0. The Morgan fingerprint density at radius 3 is 2.05 bits per heavy atom. The highest BCUT2D eigenvalue weighted by Gasteiger charge is 2.15. The normalized spacial score (nSPS) is 11.6. The minimum Gasteiger partial charge on any atom is -0.265 e. The lowest BCUT2D eigenvalue weighted by Crippen LogP contribution is -1.93. The number of fused-ring (bicyclic) bond motifs is 7. The van der Waals surface area contributed by atoms with E-state index >= 15 is 0 Å². The SMILES string of the molecule is c1cnc2c(c1)cc(-c1ccc(-c3ccc4ccc5c(-c6ccncc6)c6ccccc6nc5c4n3)cc1)c1cccnc12. The summed E-state index contributed by atoms with van der Waals surface area (Å²) in [5, 5.41) is 5.42. The summed E-state index contributed by atoms with van der Waals surface area (Å²) < 4.78 is 0. The van der Waals surface area contributed by atoms with Gasteiger partial charge in [-0.25, -0.2) is 9.97 Å². The Morgan fingerprint density at radius 2 is 1.16 bits per heavy atom. The average Bonchev–Trinajstić information content (AvgIpc) is 3.10. The topological polar surface area (TPSA) is 64.5 Å². The number of benzene rings is 4. The fourth-order valence-electron chi connectivity index (χ4n) is 6.36. The molecule has 5 nitrogen and oxygen atoms in total. The van der Waals surface area contributed by atoms with Gasteiger partial charge < -0.3 is 0 Å². The lowest BCUT2D eigenvalue weighted by Gasteiger charge is -2.13. The minimum absolute atomic E-state index is 0.893. The summed E-state index contributed by atoms with van der Waals surface area (Å²) in [6.07, 6.45) is 7.33. The van der Waals surface area contributed by atoms with Crippen LogP contribution in [0.15, 0.2) is 140 Å². The summed E-state index contributed by atoms with van der Waals surface area (Å²) in [5.41, 5.74) is 11.1. The quantitative estimate of drug-likeness (QED) is 0.159. The molecule has 0 bridgehead atoms. The van der Waals surface area contributed by atoms with Gasteiger partial charge in [0, 0.05) is 62.8 Å². The van der Waals surface area contributed by atoms with Crippen molar-refractivity contribution in [2.45, 2.75) is 0 Å². The molecule has 0 aliphatic rings. The van der Waals surface area contributed by atoms with Gasteiger partial charge in [0.2, 0.25) is 0 Å². The highest BCUT2D eigenvalue weighted by atomic mass is 14.8. The maximum Gasteiger partial charge on any atom is 0.0978 e. The maximum atomic E-state index is 5.22. The van der Waals surface area contributed by atoms with Gasteiger partial charge in [0.15, 0.2) is 0 Å². The van der Waals surface area contributed by atoms with Gasteiger partial charge in [-0.2, -0.15) is 0 Å². The van der Waals surface area contributed by atoms with E-state index in [1.807, 2.05) is 43.0 Å². The standard InChI is InChI=1S/C39H23N5/c1-2-8-34-30(6-1)35(26-17-21-40-22-18-26)31-15-13-27-14-16-33(43-37(27)39(31)44-34)25-11-9-24(10-12-25)32-23-28-5-3-19-41-36(28)38-29(32)7-4-20-42-38/h1-23H. The van der Waals surface area contributed by atoms with E-state index in [1.165, 1.54) is 0 Å². The molecule has 0 aliphatic carbocycles. The number of nitrogens with zero attached hydrogens (tertiary/aromatic N) is 5. The van der Waals surface area contributed by atoms with Crippen LogP contribution in [-0.4, -0.2) is 24.9 Å². The van der Waals surface area contributed by atoms with E-state index < -0.39 is 0 Å². The van der Waals surface area contributed by atoms with Crippen LogP contribution in [0.3, 0.4) is 0 Å². The molecular formula is C39H23N5. The first-order chi connectivity index (χ1) is 21.8. The molecule has 5 aromatic heterocycles. The summed E-state index contributed by atoms with van der Waals surface area (Å²) in [6, 6.07) is 40.0. The first kappa shape index (κ1) is 24.5. The van der Waals surface area contributed by atoms with Crippen LogP contribution in [0.5, 0.6) is 0 Å². The van der Waals surface area contributed by atoms with Gasteiger partial charge in [-0.3, -0.25) is 15.0 Å². The minimum atomic E-state index is 0.893. The first-order valence-electron chi connectivity index (χ1n) is 14.6. The molecule has 0 N–H and O–H groups in total. The monoisotopic (exact) mass is 561 g/mol. The molecule has 0 radical (unpaired) electrons. The van der Waals surface area contributed by atoms with Crippen molar-refractivity contribution >= 4 is 54.5 Å². The van der Waals surface area contributed by atoms with Gasteiger partial charge >= 0.3 is 0 Å². The third-order valence-electron chi connectivity index (χ3n) is 8.43. The Hall–Kier alpha value is -6.07. The molecule has 5 heteroatoms. The van der Waals surface area contributed by atoms with Crippen molar-refractivity contribution in [2.75, 3.05) is 0 Å². The number of hydrogen-bond donors (Lipinski definition) is 0. The predicted molar refractivity (Wildman–Crippen MR) is 179 cm³/mol. The molecule has 0 aliphatic heterocycles. The Balaban J connectivity index is 1.21. The fraction of sp³-hybridized carbons (Fsp3) is 0. The van der Waals surface area contributed by atoms with Crippen molar-refractivity contribution in [3.8, 4) is 33.5 Å². The zero-order valence-electron chi connectivity index (χ0n) is 23.5. The van der Waals surface area contributed by atoms with Crippen molar-refractivity contribution in [2.24, 2.45) is 0 Å². The molecule has 0 saturated heterocycles. The molecule has 204 valence electrons. The van der Waals surface area contributed by atoms with Crippen molar-refractivity contribution in [1.29, 1.82) is 0 Å². The zero-order valence-corrected chi connectivity index (χ0v) is 23.5. The van der Waals surface area contributed by atoms with Crippen molar-refractivity contribution in [3.05, 3.63) is 140 Å². The van der Waals surface area contributed by atoms with Crippen LogP contribution in [0.25, 0.3) is 88.0 Å². The van der Waals surface area contributed by atoms with Gasteiger partial charge in [-0.15, -0.1) is 0 Å². The second kappa shape index (κ2) is 9.75. The molecule has 0 amide bonds. The molecule has 4 aromatic carbocycles. The highest BCUT2D eigenvalue weighted by molar-refractivity contribution is 6.16. The van der Waals surface area contributed by atoms with Crippen LogP contribution >= 0.6 is 0 Å². The van der Waals surface area contributed by atoms with Gasteiger partial charge in [0.25, 0.3) is 0 Å². The van der Waals surface area contributed by atoms with E-state index in [4.69, 9.17) is 9.97 Å². The predicted octanol–water partition coefficient (Wildman–Crippen LogP) is 9.43. The van der Waals surface area contributed by atoms with E-state index in [1.54, 1.807) is 0 Å². The Morgan fingerprint density at radius 1 is 0.409 bits per heavy atom. The number of rotatable bonds is 3. The summed E-state index contributed by atoms with van der Waals surface area (Å²) in [4.78, 5) is 23.9. The molecule has 0 spiro atoms. The van der Waals surface area contributed by atoms with Crippen LogP contribution < -0.4 is 0 Å². The summed E-state index contributed by atoms with van der Waals surface area (Å²) in [6.45, 7) is 0. The Kier molecular flexibility index (Phi) is 5.43. The molecule has 9 aromatic rings. The highest BCUT2D eigenvalue weighted by Crippen LogP contribution is 2.38. The third kappa shape index (κ3) is 3.83. The van der Waals surface area contributed by atoms with E-state index in [-0.39, 0.29) is 0 Å². The van der Waals surface area contributed by atoms with E-state index in [9.17, 15) is 0 Å². The van der Waals surface area contributed by atoms with Crippen LogP contribution in [0.1, 0.15) is 0 Å². The van der Waals surface area contributed by atoms with Crippen LogP contribution in [-0.2, 0) is 0 Å². The van der Waals surface area contributed by atoms with E-state index in [0.29, 0.717) is 0 Å². The van der Waals surface area contributed by atoms with Gasteiger partial charge in [0.1, 0.15) is 0 Å². The smallest absolute Gasteiger partial charge is 0.0978 e. The largest absolute Gasteiger partial charge is 0.265 e. The molecule has 0 unspecified atom stereocenters. The molecular weight excluding hydrogens is 538 g/mol. The second-order valence-electron chi connectivity index (χ2n) is 10.9. The number of para-hydroxylation sites is 1. The van der Waals surface area contributed by atoms with E-state index in [2.05, 4.69) is 112 Å². The summed E-state index contributed by atoms with van der Waals surface area (Å²) >= 11 is 0. The maximum absolute atomic E-state index is 5.22. The number of aromatic nitrogens is 5. The first-order valence-corrected chi connectivity index (χ1v) is 14.6.